The second-order valence-corrected chi connectivity index (χ2v) is 6.86. The molecule has 0 fully saturated rings. The van der Waals surface area contributed by atoms with E-state index in [1.165, 1.54) is 19.1 Å². The predicted molar refractivity (Wildman–Crippen MR) is 58.3 cm³/mol. The second-order valence-electron chi connectivity index (χ2n) is 2.75. The van der Waals surface area contributed by atoms with Crippen molar-refractivity contribution in [2.75, 3.05) is 6.61 Å². The van der Waals surface area contributed by atoms with Gasteiger partial charge in [0.25, 0.3) is 19.2 Å². The van der Waals surface area contributed by atoms with Gasteiger partial charge in [0.2, 0.25) is 0 Å². The molecule has 0 N–H and O–H groups in total. The van der Waals surface area contributed by atoms with E-state index in [-0.39, 0.29) is 6.61 Å². The molecule has 0 saturated heterocycles. The van der Waals surface area contributed by atoms with Crippen molar-refractivity contribution in [3.8, 4) is 0 Å². The normalized spacial score (nSPS) is 12.6. The molecule has 0 amide bonds. The van der Waals surface area contributed by atoms with Gasteiger partial charge in [-0.2, -0.15) is 8.42 Å². The minimum atomic E-state index is -4.12. The number of hydrogen-bond acceptors (Lipinski definition) is 5. The lowest BCUT2D eigenvalue weighted by Crippen LogP contribution is -2.10. The fourth-order valence-electron chi connectivity index (χ4n) is 1.08. The Labute approximate surface area is 98.5 Å². The number of hydrogen-bond donors (Lipinski definition) is 0. The Balaban J connectivity index is 3.48. The van der Waals surface area contributed by atoms with Crippen LogP contribution in [0.15, 0.2) is 34.1 Å². The molecule has 0 radical (unpaired) electrons. The van der Waals surface area contributed by atoms with Gasteiger partial charge in [-0.3, -0.25) is 4.18 Å². The summed E-state index contributed by atoms with van der Waals surface area (Å²) in [7, 11) is -3.09. The lowest BCUT2D eigenvalue weighted by atomic mass is 10.4. The van der Waals surface area contributed by atoms with Gasteiger partial charge in [0.05, 0.1) is 6.61 Å². The highest BCUT2D eigenvalue weighted by Gasteiger charge is 2.24. The summed E-state index contributed by atoms with van der Waals surface area (Å²) in [6, 6.07) is 4.99. The first-order chi connectivity index (χ1) is 7.29. The molecule has 0 aromatic heterocycles. The molecule has 0 aliphatic heterocycles. The highest BCUT2D eigenvalue weighted by atomic mass is 35.7. The number of halogens is 1. The summed E-state index contributed by atoms with van der Waals surface area (Å²) in [4.78, 5) is -0.933. The molecule has 1 rings (SSSR count). The zero-order chi connectivity index (χ0) is 12.4. The molecule has 8 heteroatoms. The first-order valence-corrected chi connectivity index (χ1v) is 7.94. The second kappa shape index (κ2) is 4.70. The minimum Gasteiger partial charge on any atom is -0.267 e. The quantitative estimate of drug-likeness (QED) is 0.616. The van der Waals surface area contributed by atoms with E-state index in [1.54, 1.807) is 0 Å². The van der Waals surface area contributed by atoms with Crippen LogP contribution < -0.4 is 0 Å². The Morgan fingerprint density at radius 1 is 1.12 bits per heavy atom. The maximum atomic E-state index is 11.6. The standard InChI is InChI=1S/C8H9ClO5S2/c1-2-14-16(12,13)8-6-4-3-5-7(8)15(9,10)11/h3-6H,2H2,1H3. The Morgan fingerprint density at radius 2 is 1.62 bits per heavy atom. The van der Waals surface area contributed by atoms with Crippen molar-refractivity contribution in [2.24, 2.45) is 0 Å². The van der Waals surface area contributed by atoms with Crippen LogP contribution in [0.5, 0.6) is 0 Å². The van der Waals surface area contributed by atoms with Gasteiger partial charge in [0.1, 0.15) is 9.79 Å². The molecule has 1 aromatic rings. The van der Waals surface area contributed by atoms with E-state index in [0.717, 1.165) is 12.1 Å². The summed E-state index contributed by atoms with van der Waals surface area (Å²) >= 11 is 0. The van der Waals surface area contributed by atoms with Crippen LogP contribution in [-0.2, 0) is 23.4 Å². The lowest BCUT2D eigenvalue weighted by Gasteiger charge is -2.06. The molecule has 16 heavy (non-hydrogen) atoms. The molecule has 0 heterocycles. The highest BCUT2D eigenvalue weighted by Crippen LogP contribution is 2.25. The fraction of sp³-hybridized carbons (Fsp3) is 0.250. The van der Waals surface area contributed by atoms with Crippen LogP contribution in [-0.4, -0.2) is 23.4 Å². The van der Waals surface area contributed by atoms with Crippen molar-refractivity contribution in [1.29, 1.82) is 0 Å². The third-order valence-corrected chi connectivity index (χ3v) is 4.60. The largest absolute Gasteiger partial charge is 0.298 e. The van der Waals surface area contributed by atoms with Crippen LogP contribution >= 0.6 is 10.7 Å². The van der Waals surface area contributed by atoms with E-state index in [0.29, 0.717) is 0 Å². The van der Waals surface area contributed by atoms with Crippen LogP contribution in [0.2, 0.25) is 0 Å². The average Bonchev–Trinajstić information content (AvgIpc) is 2.16. The van der Waals surface area contributed by atoms with Gasteiger partial charge in [-0.05, 0) is 19.1 Å². The average molecular weight is 285 g/mol. The molecule has 90 valence electrons. The Morgan fingerprint density at radius 3 is 2.06 bits per heavy atom. The number of benzene rings is 1. The smallest absolute Gasteiger partial charge is 0.267 e. The zero-order valence-electron chi connectivity index (χ0n) is 8.25. The van der Waals surface area contributed by atoms with Crippen LogP contribution in [0.25, 0.3) is 0 Å². The topological polar surface area (TPSA) is 77.5 Å². The van der Waals surface area contributed by atoms with Crippen molar-refractivity contribution in [3.63, 3.8) is 0 Å². The van der Waals surface area contributed by atoms with Crippen molar-refractivity contribution < 1.29 is 21.0 Å². The summed E-state index contributed by atoms with van der Waals surface area (Å²) in [5, 5.41) is 0. The van der Waals surface area contributed by atoms with Crippen molar-refractivity contribution >= 4 is 29.9 Å². The fourth-order valence-corrected chi connectivity index (χ4v) is 3.80. The SMILES string of the molecule is CCOS(=O)(=O)c1ccccc1S(=O)(=O)Cl. The van der Waals surface area contributed by atoms with E-state index >= 15 is 0 Å². The first-order valence-electron chi connectivity index (χ1n) is 4.22. The van der Waals surface area contributed by atoms with Gasteiger partial charge >= 0.3 is 0 Å². The van der Waals surface area contributed by atoms with Gasteiger partial charge in [0.15, 0.2) is 0 Å². The highest BCUT2D eigenvalue weighted by molar-refractivity contribution is 8.14. The molecule has 0 unspecified atom stereocenters. The number of rotatable bonds is 4. The van der Waals surface area contributed by atoms with Crippen LogP contribution in [0.4, 0.5) is 0 Å². The van der Waals surface area contributed by atoms with Crippen LogP contribution in [0.3, 0.4) is 0 Å². The van der Waals surface area contributed by atoms with Gasteiger partial charge in [0, 0.05) is 10.7 Å². The van der Waals surface area contributed by atoms with Gasteiger partial charge < -0.3 is 0 Å². The summed E-state index contributed by atoms with van der Waals surface area (Å²) in [5.74, 6) is 0. The molecular weight excluding hydrogens is 276 g/mol. The summed E-state index contributed by atoms with van der Waals surface area (Å²) in [6.45, 7) is 1.40. The maximum Gasteiger partial charge on any atom is 0.298 e. The maximum absolute atomic E-state index is 11.6. The molecule has 0 bridgehead atoms. The Kier molecular flexibility index (Phi) is 3.95. The molecule has 0 aliphatic rings. The van der Waals surface area contributed by atoms with Crippen LogP contribution in [0.1, 0.15) is 6.92 Å². The molecule has 5 nitrogen and oxygen atoms in total. The third kappa shape index (κ3) is 2.94. The molecule has 0 atom stereocenters. The van der Waals surface area contributed by atoms with Gasteiger partial charge in [-0.15, -0.1) is 0 Å². The van der Waals surface area contributed by atoms with Crippen LogP contribution in [0, 0.1) is 0 Å². The first kappa shape index (κ1) is 13.4. The Hall–Kier alpha value is -0.630. The minimum absolute atomic E-state index is 0.0843. The van der Waals surface area contributed by atoms with Crippen molar-refractivity contribution in [2.45, 2.75) is 16.7 Å². The molecule has 0 aliphatic carbocycles. The van der Waals surface area contributed by atoms with E-state index < -0.39 is 29.0 Å². The van der Waals surface area contributed by atoms with Gasteiger partial charge in [-0.25, -0.2) is 8.42 Å². The van der Waals surface area contributed by atoms with Crippen molar-refractivity contribution in [1.82, 2.24) is 0 Å². The predicted octanol–water partition coefficient (Wildman–Crippen LogP) is 1.34. The Bertz CT molecular complexity index is 576. The molecule has 0 saturated carbocycles. The van der Waals surface area contributed by atoms with E-state index in [1.807, 2.05) is 0 Å². The summed E-state index contributed by atoms with van der Waals surface area (Å²) < 4.78 is 49.9. The van der Waals surface area contributed by atoms with Crippen molar-refractivity contribution in [3.05, 3.63) is 24.3 Å². The molecule has 1 aromatic carbocycles. The van der Waals surface area contributed by atoms with E-state index in [2.05, 4.69) is 4.18 Å². The summed E-state index contributed by atoms with van der Waals surface area (Å²) in [6.07, 6.45) is 0. The molecular formula is C8H9ClO5S2. The van der Waals surface area contributed by atoms with E-state index in [4.69, 9.17) is 10.7 Å². The van der Waals surface area contributed by atoms with Gasteiger partial charge in [-0.1, -0.05) is 12.1 Å². The summed E-state index contributed by atoms with van der Waals surface area (Å²) in [5.41, 5.74) is 0. The zero-order valence-corrected chi connectivity index (χ0v) is 10.6. The third-order valence-electron chi connectivity index (χ3n) is 1.65. The van der Waals surface area contributed by atoms with E-state index in [9.17, 15) is 16.8 Å². The lowest BCUT2D eigenvalue weighted by molar-refractivity contribution is 0.337. The molecule has 0 spiro atoms. The monoisotopic (exact) mass is 284 g/mol.